The van der Waals surface area contributed by atoms with E-state index in [1.54, 1.807) is 0 Å². The number of Topliss-reactive ketones (excluding diaryl/α,β-unsaturated/α-hetero) is 1. The average Bonchev–Trinajstić information content (AvgIpc) is 3.63. The highest BCUT2D eigenvalue weighted by Crippen LogP contribution is 2.50. The van der Waals surface area contributed by atoms with Crippen LogP contribution in [0.5, 0.6) is 0 Å². The van der Waals surface area contributed by atoms with Gasteiger partial charge in [0.15, 0.2) is 0 Å². The van der Waals surface area contributed by atoms with E-state index in [1.165, 1.54) is 0 Å². The lowest BCUT2D eigenvalue weighted by atomic mass is 9.80. The molecule has 3 atom stereocenters. The molecule has 0 bridgehead atoms. The van der Waals surface area contributed by atoms with Crippen molar-refractivity contribution >= 4 is 5.78 Å². The largest absolute Gasteiger partial charge is 0.361 e. The van der Waals surface area contributed by atoms with Crippen LogP contribution in [0.3, 0.4) is 0 Å². The molecule has 0 unspecified atom stereocenters. The summed E-state index contributed by atoms with van der Waals surface area (Å²) in [4.78, 5) is 12.3. The molecule has 1 saturated carbocycles. The van der Waals surface area contributed by atoms with Gasteiger partial charge in [-0.25, -0.2) is 0 Å². The molecule has 0 saturated heterocycles. The molecule has 33 heavy (non-hydrogen) atoms. The topological polar surface area (TPSA) is 26.3 Å². The summed E-state index contributed by atoms with van der Waals surface area (Å²) in [7, 11) is 0. The summed E-state index contributed by atoms with van der Waals surface area (Å²) in [5.74, 6) is 1.97. The minimum absolute atomic E-state index is 0.420. The van der Waals surface area contributed by atoms with Gasteiger partial charge >= 0.3 is 0 Å². The summed E-state index contributed by atoms with van der Waals surface area (Å²) in [6, 6.07) is 31.7. The van der Waals surface area contributed by atoms with Crippen LogP contribution in [0.25, 0.3) is 0 Å². The zero-order valence-corrected chi connectivity index (χ0v) is 19.1. The van der Waals surface area contributed by atoms with Crippen molar-refractivity contribution in [2.24, 2.45) is 17.8 Å². The highest BCUT2D eigenvalue weighted by Gasteiger charge is 2.46. The first kappa shape index (κ1) is 21.9. The lowest BCUT2D eigenvalue weighted by Gasteiger charge is -2.36. The summed E-state index contributed by atoms with van der Waals surface area (Å²) in [6.07, 6.45) is 8.97. The molecule has 0 aliphatic heterocycles. The molecule has 0 N–H and O–H groups in total. The van der Waals surface area contributed by atoms with Crippen LogP contribution in [0.4, 0.5) is 0 Å². The Bertz CT molecular complexity index is 975. The fourth-order valence-electron chi connectivity index (χ4n) is 5.48. The van der Waals surface area contributed by atoms with Gasteiger partial charge in [0.2, 0.25) is 0 Å². The second kappa shape index (κ2) is 9.89. The van der Waals surface area contributed by atoms with Crippen molar-refractivity contribution in [3.8, 4) is 0 Å². The van der Waals surface area contributed by atoms with E-state index < -0.39 is 5.60 Å². The Morgan fingerprint density at radius 3 is 1.85 bits per heavy atom. The highest BCUT2D eigenvalue weighted by atomic mass is 16.5. The van der Waals surface area contributed by atoms with Gasteiger partial charge in [0.05, 0.1) is 6.61 Å². The first-order valence-corrected chi connectivity index (χ1v) is 12.2. The standard InChI is InChI=1S/C31H32O2/c32-29-20-12-1-5-13-24(21-29)30-22-25(30)23-33-31(26-14-6-2-7-15-26,27-16-8-3-9-17-27)28-18-10-4-11-19-28/h1-11,14-19,24-25,30H,12-13,20-23H2/b5-1-/t24-,25-,30-/m0/s1. The molecule has 5 rings (SSSR count). The molecular formula is C31H32O2. The predicted octanol–water partition coefficient (Wildman–Crippen LogP) is 6.95. The minimum atomic E-state index is -0.659. The summed E-state index contributed by atoms with van der Waals surface area (Å²) in [6.45, 7) is 0.692. The van der Waals surface area contributed by atoms with E-state index in [-0.39, 0.29) is 0 Å². The van der Waals surface area contributed by atoms with Crippen LogP contribution in [0.15, 0.2) is 103 Å². The van der Waals surface area contributed by atoms with E-state index in [2.05, 4.69) is 103 Å². The molecule has 2 aliphatic rings. The van der Waals surface area contributed by atoms with Crippen LogP contribution in [0.1, 0.15) is 48.8 Å². The number of hydrogen-bond acceptors (Lipinski definition) is 2. The smallest absolute Gasteiger partial charge is 0.143 e. The Balaban J connectivity index is 1.44. The van der Waals surface area contributed by atoms with Crippen molar-refractivity contribution in [1.29, 1.82) is 0 Å². The number of carbonyl (C=O) groups excluding carboxylic acids is 1. The van der Waals surface area contributed by atoms with E-state index in [4.69, 9.17) is 4.74 Å². The predicted molar refractivity (Wildman–Crippen MR) is 133 cm³/mol. The third kappa shape index (κ3) is 4.72. The van der Waals surface area contributed by atoms with Crippen molar-refractivity contribution in [3.63, 3.8) is 0 Å². The summed E-state index contributed by atoms with van der Waals surface area (Å²) in [5.41, 5.74) is 2.77. The number of ketones is 1. The highest BCUT2D eigenvalue weighted by molar-refractivity contribution is 5.79. The zero-order chi connectivity index (χ0) is 22.5. The molecule has 0 spiro atoms. The van der Waals surface area contributed by atoms with E-state index in [0.717, 1.165) is 42.4 Å². The maximum Gasteiger partial charge on any atom is 0.143 e. The number of hydrogen-bond donors (Lipinski definition) is 0. The third-order valence-corrected chi connectivity index (χ3v) is 7.32. The molecular weight excluding hydrogens is 404 g/mol. The van der Waals surface area contributed by atoms with Crippen molar-refractivity contribution in [2.75, 3.05) is 6.61 Å². The Morgan fingerprint density at radius 1 is 0.758 bits per heavy atom. The van der Waals surface area contributed by atoms with Crippen LogP contribution < -0.4 is 0 Å². The monoisotopic (exact) mass is 436 g/mol. The summed E-state index contributed by atoms with van der Waals surface area (Å²) in [5, 5.41) is 0. The van der Waals surface area contributed by atoms with Crippen molar-refractivity contribution < 1.29 is 9.53 Å². The first-order chi connectivity index (χ1) is 16.3. The maximum atomic E-state index is 12.3. The molecule has 2 nitrogen and oxygen atoms in total. The normalized spacial score (nSPS) is 24.0. The number of allylic oxidation sites excluding steroid dienone is 2. The van der Waals surface area contributed by atoms with Gasteiger partial charge in [-0.05, 0) is 53.7 Å². The van der Waals surface area contributed by atoms with Gasteiger partial charge < -0.3 is 4.74 Å². The molecule has 1 fully saturated rings. The molecule has 0 radical (unpaired) electrons. The van der Waals surface area contributed by atoms with Gasteiger partial charge in [-0.3, -0.25) is 4.79 Å². The number of rotatable bonds is 7. The molecule has 168 valence electrons. The van der Waals surface area contributed by atoms with Crippen LogP contribution >= 0.6 is 0 Å². The Labute approximate surface area is 197 Å². The fraction of sp³-hybridized carbons (Fsp3) is 0.323. The summed E-state index contributed by atoms with van der Waals surface area (Å²) >= 11 is 0. The number of benzene rings is 3. The van der Waals surface area contributed by atoms with E-state index in [9.17, 15) is 4.79 Å². The quantitative estimate of drug-likeness (QED) is 0.296. The SMILES string of the molecule is O=C1CC/C=C\C[C@H]([C@@H]2C[C@H]2COC(c2ccccc2)(c2ccccc2)c2ccccc2)C1. The van der Waals surface area contributed by atoms with Gasteiger partial charge in [-0.2, -0.15) is 0 Å². The van der Waals surface area contributed by atoms with Gasteiger partial charge in [-0.15, -0.1) is 0 Å². The second-order valence-electron chi connectivity index (χ2n) is 9.50. The molecule has 0 amide bonds. The fourth-order valence-corrected chi connectivity index (χ4v) is 5.48. The number of ether oxygens (including phenoxy) is 1. The third-order valence-electron chi connectivity index (χ3n) is 7.32. The van der Waals surface area contributed by atoms with Gasteiger partial charge in [-0.1, -0.05) is 103 Å². The molecule has 3 aromatic carbocycles. The Hall–Kier alpha value is -2.97. The Kier molecular flexibility index (Phi) is 6.55. The average molecular weight is 437 g/mol. The summed E-state index contributed by atoms with van der Waals surface area (Å²) < 4.78 is 7.01. The lowest BCUT2D eigenvalue weighted by Crippen LogP contribution is -2.34. The second-order valence-corrected chi connectivity index (χ2v) is 9.50. The van der Waals surface area contributed by atoms with Crippen LogP contribution in [0, 0.1) is 17.8 Å². The van der Waals surface area contributed by atoms with Crippen LogP contribution in [0.2, 0.25) is 0 Å². The molecule has 0 aromatic heterocycles. The Morgan fingerprint density at radius 2 is 1.30 bits per heavy atom. The minimum Gasteiger partial charge on any atom is -0.361 e. The van der Waals surface area contributed by atoms with Gasteiger partial charge in [0, 0.05) is 12.8 Å². The van der Waals surface area contributed by atoms with Gasteiger partial charge in [0.25, 0.3) is 0 Å². The molecule has 2 heteroatoms. The van der Waals surface area contributed by atoms with E-state index >= 15 is 0 Å². The number of carbonyl (C=O) groups is 1. The van der Waals surface area contributed by atoms with E-state index in [0.29, 0.717) is 36.6 Å². The van der Waals surface area contributed by atoms with E-state index in [1.807, 2.05) is 0 Å². The maximum absolute atomic E-state index is 12.3. The van der Waals surface area contributed by atoms with Gasteiger partial charge in [0.1, 0.15) is 11.4 Å². The lowest BCUT2D eigenvalue weighted by molar-refractivity contribution is -0.120. The van der Waals surface area contributed by atoms with Crippen LogP contribution in [-0.2, 0) is 15.1 Å². The van der Waals surface area contributed by atoms with Crippen molar-refractivity contribution in [2.45, 2.75) is 37.7 Å². The first-order valence-electron chi connectivity index (χ1n) is 12.2. The van der Waals surface area contributed by atoms with Crippen molar-refractivity contribution in [1.82, 2.24) is 0 Å². The van der Waals surface area contributed by atoms with Crippen LogP contribution in [-0.4, -0.2) is 12.4 Å². The molecule has 2 aliphatic carbocycles. The molecule has 3 aromatic rings. The van der Waals surface area contributed by atoms with Crippen molar-refractivity contribution in [3.05, 3.63) is 120 Å². The zero-order valence-electron chi connectivity index (χ0n) is 19.1. The molecule has 0 heterocycles.